The molecule has 1 amide bonds. The monoisotopic (exact) mass is 262 g/mol. The van der Waals surface area contributed by atoms with Crippen LogP contribution in [0.25, 0.3) is 0 Å². The lowest BCUT2D eigenvalue weighted by molar-refractivity contribution is 0.102. The van der Waals surface area contributed by atoms with Gasteiger partial charge in [0.2, 0.25) is 0 Å². The number of halogens is 2. The molecule has 0 aromatic heterocycles. The fourth-order valence-corrected chi connectivity index (χ4v) is 1.66. The van der Waals surface area contributed by atoms with Crippen LogP contribution in [-0.2, 0) is 0 Å². The van der Waals surface area contributed by atoms with E-state index in [0.29, 0.717) is 11.4 Å². The quantitative estimate of drug-likeness (QED) is 0.817. The topological polar surface area (TPSA) is 55.1 Å². The smallest absolute Gasteiger partial charge is 0.258 e. The number of nitrogen functional groups attached to an aromatic ring is 1. The number of aryl methyl sites for hydroxylation is 1. The molecule has 5 heteroatoms. The first-order valence-electron chi connectivity index (χ1n) is 5.60. The van der Waals surface area contributed by atoms with E-state index in [1.54, 1.807) is 18.2 Å². The molecule has 3 nitrogen and oxygen atoms in total. The standard InChI is InChI=1S/C14H12F2N2O/c1-8-2-5-13(12(17)6-8)18-14(19)10-7-9(15)3-4-11(10)16/h2-7H,17H2,1H3,(H,18,19). The number of anilines is 2. The van der Waals surface area contributed by atoms with Gasteiger partial charge in [0.15, 0.2) is 0 Å². The largest absolute Gasteiger partial charge is 0.397 e. The van der Waals surface area contributed by atoms with Crippen molar-refractivity contribution in [3.05, 3.63) is 59.2 Å². The lowest BCUT2D eigenvalue weighted by atomic mass is 10.1. The van der Waals surface area contributed by atoms with Gasteiger partial charge in [-0.05, 0) is 42.8 Å². The van der Waals surface area contributed by atoms with Crippen molar-refractivity contribution in [2.75, 3.05) is 11.1 Å². The first kappa shape index (κ1) is 13.0. The third-order valence-corrected chi connectivity index (χ3v) is 2.63. The van der Waals surface area contributed by atoms with Crippen molar-refractivity contribution < 1.29 is 13.6 Å². The van der Waals surface area contributed by atoms with E-state index in [0.717, 1.165) is 23.8 Å². The number of nitrogens with one attached hydrogen (secondary N) is 1. The highest BCUT2D eigenvalue weighted by molar-refractivity contribution is 6.05. The average Bonchev–Trinajstić information content (AvgIpc) is 2.35. The van der Waals surface area contributed by atoms with Gasteiger partial charge in [-0.25, -0.2) is 8.78 Å². The highest BCUT2D eigenvalue weighted by atomic mass is 19.1. The Kier molecular flexibility index (Phi) is 3.46. The van der Waals surface area contributed by atoms with Crippen molar-refractivity contribution in [2.24, 2.45) is 0 Å². The zero-order chi connectivity index (χ0) is 14.0. The molecule has 0 bridgehead atoms. The van der Waals surface area contributed by atoms with E-state index in [-0.39, 0.29) is 5.56 Å². The molecule has 98 valence electrons. The summed E-state index contributed by atoms with van der Waals surface area (Å²) in [5.74, 6) is -2.21. The fraction of sp³-hybridized carbons (Fsp3) is 0.0714. The number of hydrogen-bond donors (Lipinski definition) is 2. The summed E-state index contributed by atoms with van der Waals surface area (Å²) in [6.07, 6.45) is 0. The van der Waals surface area contributed by atoms with Crippen LogP contribution in [0, 0.1) is 18.6 Å². The molecule has 2 rings (SSSR count). The lowest BCUT2D eigenvalue weighted by Gasteiger charge is -2.09. The van der Waals surface area contributed by atoms with E-state index in [4.69, 9.17) is 5.73 Å². The number of benzene rings is 2. The van der Waals surface area contributed by atoms with Crippen molar-refractivity contribution in [3.63, 3.8) is 0 Å². The van der Waals surface area contributed by atoms with Gasteiger partial charge < -0.3 is 11.1 Å². The Balaban J connectivity index is 2.28. The maximum Gasteiger partial charge on any atom is 0.258 e. The lowest BCUT2D eigenvalue weighted by Crippen LogP contribution is -2.15. The van der Waals surface area contributed by atoms with Crippen LogP contribution < -0.4 is 11.1 Å². The van der Waals surface area contributed by atoms with E-state index in [1.807, 2.05) is 6.92 Å². The van der Waals surface area contributed by atoms with Crippen molar-refractivity contribution in [2.45, 2.75) is 6.92 Å². The minimum absolute atomic E-state index is 0.360. The average molecular weight is 262 g/mol. The Morgan fingerprint density at radius 2 is 1.89 bits per heavy atom. The number of carbonyl (C=O) groups is 1. The third-order valence-electron chi connectivity index (χ3n) is 2.63. The Morgan fingerprint density at radius 3 is 2.58 bits per heavy atom. The zero-order valence-electron chi connectivity index (χ0n) is 10.2. The van der Waals surface area contributed by atoms with E-state index in [1.165, 1.54) is 0 Å². The molecule has 0 radical (unpaired) electrons. The molecule has 2 aromatic carbocycles. The van der Waals surface area contributed by atoms with Crippen molar-refractivity contribution in [1.29, 1.82) is 0 Å². The van der Waals surface area contributed by atoms with Gasteiger partial charge in [-0.3, -0.25) is 4.79 Å². The molecule has 0 aliphatic carbocycles. The first-order chi connectivity index (χ1) is 8.97. The van der Waals surface area contributed by atoms with Crippen LogP contribution >= 0.6 is 0 Å². The second kappa shape index (κ2) is 5.06. The van der Waals surface area contributed by atoms with Gasteiger partial charge in [-0.2, -0.15) is 0 Å². The summed E-state index contributed by atoms with van der Waals surface area (Å²) in [4.78, 5) is 11.9. The minimum atomic E-state index is -0.787. The van der Waals surface area contributed by atoms with Crippen LogP contribution in [0.15, 0.2) is 36.4 Å². The van der Waals surface area contributed by atoms with Gasteiger partial charge >= 0.3 is 0 Å². The predicted molar refractivity (Wildman–Crippen MR) is 69.9 cm³/mol. The Labute approximate surface area is 109 Å². The summed E-state index contributed by atoms with van der Waals surface area (Å²) in [6, 6.07) is 7.75. The van der Waals surface area contributed by atoms with E-state index < -0.39 is 17.5 Å². The second-order valence-corrected chi connectivity index (χ2v) is 4.17. The summed E-state index contributed by atoms with van der Waals surface area (Å²) in [6.45, 7) is 1.86. The third kappa shape index (κ3) is 2.88. The summed E-state index contributed by atoms with van der Waals surface area (Å²) in [5.41, 5.74) is 7.04. The molecule has 0 saturated carbocycles. The van der Waals surface area contributed by atoms with Crippen LogP contribution in [0.3, 0.4) is 0 Å². The Hall–Kier alpha value is -2.43. The highest BCUT2D eigenvalue weighted by Gasteiger charge is 2.14. The zero-order valence-corrected chi connectivity index (χ0v) is 10.2. The maximum absolute atomic E-state index is 13.4. The van der Waals surface area contributed by atoms with Gasteiger partial charge in [0.1, 0.15) is 11.6 Å². The van der Waals surface area contributed by atoms with Gasteiger partial charge in [0.05, 0.1) is 16.9 Å². The van der Waals surface area contributed by atoms with E-state index in [2.05, 4.69) is 5.32 Å². The molecule has 0 saturated heterocycles. The minimum Gasteiger partial charge on any atom is -0.397 e. The van der Waals surface area contributed by atoms with Crippen LogP contribution in [0.4, 0.5) is 20.2 Å². The number of hydrogen-bond acceptors (Lipinski definition) is 2. The van der Waals surface area contributed by atoms with Gasteiger partial charge in [0, 0.05) is 0 Å². The summed E-state index contributed by atoms with van der Waals surface area (Å²) < 4.78 is 26.4. The molecule has 0 heterocycles. The van der Waals surface area contributed by atoms with Gasteiger partial charge in [0.25, 0.3) is 5.91 Å². The first-order valence-corrected chi connectivity index (χ1v) is 5.60. The Bertz CT molecular complexity index is 641. The molecule has 3 N–H and O–H groups in total. The number of carbonyl (C=O) groups excluding carboxylic acids is 1. The molecular formula is C14H12F2N2O. The van der Waals surface area contributed by atoms with Crippen molar-refractivity contribution in [3.8, 4) is 0 Å². The van der Waals surface area contributed by atoms with Crippen LogP contribution in [0.2, 0.25) is 0 Å². The summed E-state index contributed by atoms with van der Waals surface area (Å²) >= 11 is 0. The normalized spacial score (nSPS) is 10.3. The molecule has 0 aliphatic rings. The van der Waals surface area contributed by atoms with Crippen LogP contribution in [0.1, 0.15) is 15.9 Å². The summed E-state index contributed by atoms with van der Waals surface area (Å²) in [7, 11) is 0. The molecule has 2 aromatic rings. The number of amides is 1. The molecular weight excluding hydrogens is 250 g/mol. The van der Waals surface area contributed by atoms with E-state index >= 15 is 0 Å². The second-order valence-electron chi connectivity index (χ2n) is 4.17. The highest BCUT2D eigenvalue weighted by Crippen LogP contribution is 2.21. The van der Waals surface area contributed by atoms with Crippen LogP contribution in [0.5, 0.6) is 0 Å². The molecule has 0 atom stereocenters. The van der Waals surface area contributed by atoms with Crippen molar-refractivity contribution >= 4 is 17.3 Å². The Morgan fingerprint density at radius 1 is 1.16 bits per heavy atom. The molecule has 0 aliphatic heterocycles. The predicted octanol–water partition coefficient (Wildman–Crippen LogP) is 3.11. The van der Waals surface area contributed by atoms with Crippen molar-refractivity contribution in [1.82, 2.24) is 0 Å². The van der Waals surface area contributed by atoms with E-state index in [9.17, 15) is 13.6 Å². The molecule has 0 unspecified atom stereocenters. The van der Waals surface area contributed by atoms with Gasteiger partial charge in [-0.1, -0.05) is 6.07 Å². The summed E-state index contributed by atoms with van der Waals surface area (Å²) in [5, 5.41) is 2.45. The number of nitrogens with two attached hydrogens (primary N) is 1. The molecule has 0 spiro atoms. The molecule has 19 heavy (non-hydrogen) atoms. The molecule has 0 fully saturated rings. The van der Waals surface area contributed by atoms with Crippen LogP contribution in [-0.4, -0.2) is 5.91 Å². The van der Waals surface area contributed by atoms with Gasteiger partial charge in [-0.15, -0.1) is 0 Å². The SMILES string of the molecule is Cc1ccc(NC(=O)c2cc(F)ccc2F)c(N)c1. The maximum atomic E-state index is 13.4. The fourth-order valence-electron chi connectivity index (χ4n) is 1.66. The number of rotatable bonds is 2.